The summed E-state index contributed by atoms with van der Waals surface area (Å²) >= 11 is 0. The van der Waals surface area contributed by atoms with E-state index in [4.69, 9.17) is 4.74 Å². The third kappa shape index (κ3) is 4.31. The van der Waals surface area contributed by atoms with Gasteiger partial charge < -0.3 is 4.74 Å². The van der Waals surface area contributed by atoms with Gasteiger partial charge in [-0.1, -0.05) is 68.1 Å². The van der Waals surface area contributed by atoms with Crippen LogP contribution in [-0.4, -0.2) is 21.2 Å². The third-order valence-electron chi connectivity index (χ3n) is 3.74. The lowest BCUT2D eigenvalue weighted by molar-refractivity contribution is 0.0601. The number of carbonyl (C=O) groups is 1. The van der Waals surface area contributed by atoms with Crippen molar-refractivity contribution in [2.24, 2.45) is 0 Å². The monoisotopic (exact) mass is 312 g/mol. The number of esters is 1. The van der Waals surface area contributed by atoms with Crippen molar-refractivity contribution in [2.45, 2.75) is 32.1 Å². The zero-order valence-electron chi connectivity index (χ0n) is 13.8. The number of benzene rings is 2. The molecule has 0 fully saturated rings. The van der Waals surface area contributed by atoms with Crippen LogP contribution in [0.15, 0.2) is 48.5 Å². The van der Waals surface area contributed by atoms with Crippen LogP contribution >= 0.6 is 0 Å². The van der Waals surface area contributed by atoms with E-state index in [-0.39, 0.29) is 5.97 Å². The minimum atomic E-state index is -1.09. The van der Waals surface area contributed by atoms with Crippen molar-refractivity contribution in [3.8, 4) is 11.1 Å². The van der Waals surface area contributed by atoms with Gasteiger partial charge in [0, 0.05) is 8.07 Å². The van der Waals surface area contributed by atoms with Crippen molar-refractivity contribution >= 4 is 14.0 Å². The van der Waals surface area contributed by atoms with Gasteiger partial charge in [-0.05, 0) is 29.2 Å². The maximum absolute atomic E-state index is 12.1. The van der Waals surface area contributed by atoms with Crippen molar-refractivity contribution in [3.63, 3.8) is 0 Å². The van der Waals surface area contributed by atoms with E-state index in [0.717, 1.165) is 17.5 Å². The summed E-state index contributed by atoms with van der Waals surface area (Å²) in [6.45, 7) is 7.10. The molecule has 2 aromatic rings. The van der Waals surface area contributed by atoms with E-state index >= 15 is 0 Å². The Balaban J connectivity index is 2.37. The van der Waals surface area contributed by atoms with Crippen molar-refractivity contribution in [2.75, 3.05) is 7.11 Å². The molecule has 0 radical (unpaired) electrons. The molecule has 2 rings (SSSR count). The largest absolute Gasteiger partial charge is 0.465 e. The fraction of sp³-hybridized carbons (Fsp3) is 0.316. The normalized spacial score (nSPS) is 11.3. The van der Waals surface area contributed by atoms with Gasteiger partial charge in [0.05, 0.1) is 12.7 Å². The van der Waals surface area contributed by atoms with Gasteiger partial charge in [0.2, 0.25) is 0 Å². The Kier molecular flexibility index (Phi) is 5.19. The van der Waals surface area contributed by atoms with Crippen LogP contribution in [-0.2, 0) is 11.2 Å². The molecule has 0 heterocycles. The molecule has 22 heavy (non-hydrogen) atoms. The van der Waals surface area contributed by atoms with Crippen LogP contribution in [0.5, 0.6) is 0 Å². The maximum atomic E-state index is 12.1. The average Bonchev–Trinajstić information content (AvgIpc) is 2.52. The number of carbonyl (C=O) groups excluding carboxylic acids is 1. The number of methoxy groups -OCH3 is 1. The molecule has 0 spiro atoms. The van der Waals surface area contributed by atoms with E-state index in [9.17, 15) is 4.79 Å². The summed E-state index contributed by atoms with van der Waals surface area (Å²) in [7, 11) is 0.350. The van der Waals surface area contributed by atoms with Crippen LogP contribution < -0.4 is 0 Å². The lowest BCUT2D eigenvalue weighted by atomic mass is 9.97. The zero-order chi connectivity index (χ0) is 16.2. The van der Waals surface area contributed by atoms with Gasteiger partial charge in [-0.3, -0.25) is 0 Å². The van der Waals surface area contributed by atoms with E-state index in [2.05, 4.69) is 25.7 Å². The van der Waals surface area contributed by atoms with E-state index in [1.54, 1.807) is 0 Å². The first-order chi connectivity index (χ1) is 10.4. The molecule has 116 valence electrons. The second-order valence-electron chi connectivity index (χ2n) is 6.80. The molecule has 0 atom stereocenters. The van der Waals surface area contributed by atoms with Crippen LogP contribution in [0.25, 0.3) is 11.1 Å². The van der Waals surface area contributed by atoms with Gasteiger partial charge in [0.25, 0.3) is 0 Å². The second kappa shape index (κ2) is 6.92. The molecule has 0 aliphatic carbocycles. The van der Waals surface area contributed by atoms with Gasteiger partial charge in [-0.25, -0.2) is 4.79 Å². The number of aryl methyl sites for hydroxylation is 1. The highest BCUT2D eigenvalue weighted by Gasteiger charge is 2.16. The highest BCUT2D eigenvalue weighted by atomic mass is 28.3. The predicted octanol–water partition coefficient (Wildman–Crippen LogP) is 5.02. The fourth-order valence-electron chi connectivity index (χ4n) is 2.41. The molecule has 0 saturated carbocycles. The Morgan fingerprint density at radius 2 is 1.73 bits per heavy atom. The number of hydrogen-bond donors (Lipinski definition) is 0. The summed E-state index contributed by atoms with van der Waals surface area (Å²) < 4.78 is 4.97. The first-order valence-corrected chi connectivity index (χ1v) is 11.4. The number of hydrogen-bond acceptors (Lipinski definition) is 2. The summed E-state index contributed by atoms with van der Waals surface area (Å²) in [5.74, 6) is -0.270. The van der Waals surface area contributed by atoms with Crippen LogP contribution in [0, 0.1) is 0 Å². The van der Waals surface area contributed by atoms with Gasteiger partial charge >= 0.3 is 5.97 Å². The molecule has 2 nitrogen and oxygen atoms in total. The van der Waals surface area contributed by atoms with Crippen LogP contribution in [0.4, 0.5) is 0 Å². The van der Waals surface area contributed by atoms with Gasteiger partial charge in [0.1, 0.15) is 0 Å². The molecule has 2 aromatic carbocycles. The fourth-order valence-corrected chi connectivity index (χ4v) is 3.45. The van der Waals surface area contributed by atoms with Crippen molar-refractivity contribution in [1.29, 1.82) is 0 Å². The summed E-state index contributed by atoms with van der Waals surface area (Å²) in [6, 6.07) is 17.4. The van der Waals surface area contributed by atoms with Crippen LogP contribution in [0.3, 0.4) is 0 Å². The minimum Gasteiger partial charge on any atom is -0.465 e. The van der Waals surface area contributed by atoms with Crippen molar-refractivity contribution < 1.29 is 9.53 Å². The molecule has 3 heteroatoms. The Hall–Kier alpha value is -1.87. The number of rotatable bonds is 5. The lowest BCUT2D eigenvalue weighted by Crippen LogP contribution is -2.20. The topological polar surface area (TPSA) is 26.3 Å². The summed E-state index contributed by atoms with van der Waals surface area (Å²) in [6.07, 6.45) is 1.02. The SMILES string of the molecule is COC(=O)c1cc(CC[Si](C)(C)C)ccc1-c1ccccc1. The summed E-state index contributed by atoms with van der Waals surface area (Å²) in [5, 5.41) is 0. The van der Waals surface area contributed by atoms with E-state index in [1.165, 1.54) is 18.7 Å². The van der Waals surface area contributed by atoms with Gasteiger partial charge in [-0.2, -0.15) is 0 Å². The molecule has 0 saturated heterocycles. The first-order valence-electron chi connectivity index (χ1n) is 7.67. The van der Waals surface area contributed by atoms with Gasteiger partial charge in [0.15, 0.2) is 0 Å². The minimum absolute atomic E-state index is 0.270. The molecule has 0 N–H and O–H groups in total. The molecule has 0 bridgehead atoms. The smallest absolute Gasteiger partial charge is 0.338 e. The van der Waals surface area contributed by atoms with Gasteiger partial charge in [-0.15, -0.1) is 0 Å². The molecule has 0 aromatic heterocycles. The second-order valence-corrected chi connectivity index (χ2v) is 12.4. The van der Waals surface area contributed by atoms with Crippen LogP contribution in [0.1, 0.15) is 15.9 Å². The standard InChI is InChI=1S/C19H24O2Si/c1-21-19(20)18-14-15(12-13-22(2,3)4)10-11-17(18)16-8-6-5-7-9-16/h5-11,14H,12-13H2,1-4H3. The first kappa shape index (κ1) is 16.5. The Morgan fingerprint density at radius 1 is 1.05 bits per heavy atom. The maximum Gasteiger partial charge on any atom is 0.338 e. The third-order valence-corrected chi connectivity index (χ3v) is 5.49. The highest BCUT2D eigenvalue weighted by Crippen LogP contribution is 2.26. The average molecular weight is 312 g/mol. The summed E-state index contributed by atoms with van der Waals surface area (Å²) in [5.41, 5.74) is 3.84. The number of ether oxygens (including phenoxy) is 1. The Morgan fingerprint density at radius 3 is 2.32 bits per heavy atom. The predicted molar refractivity (Wildman–Crippen MR) is 95.1 cm³/mol. The quantitative estimate of drug-likeness (QED) is 0.572. The molecule has 0 amide bonds. The Labute approximate surface area is 134 Å². The Bertz CT molecular complexity index is 642. The van der Waals surface area contributed by atoms with Crippen LogP contribution in [0.2, 0.25) is 25.7 Å². The van der Waals surface area contributed by atoms with E-state index in [0.29, 0.717) is 5.56 Å². The lowest BCUT2D eigenvalue weighted by Gasteiger charge is -2.16. The van der Waals surface area contributed by atoms with E-state index in [1.807, 2.05) is 42.5 Å². The molecule has 0 aliphatic rings. The molecular formula is C19H24O2Si. The highest BCUT2D eigenvalue weighted by molar-refractivity contribution is 6.76. The molecule has 0 unspecified atom stereocenters. The summed E-state index contributed by atoms with van der Waals surface area (Å²) in [4.78, 5) is 12.1. The molecule has 0 aliphatic heterocycles. The molecular weight excluding hydrogens is 288 g/mol. The van der Waals surface area contributed by atoms with Crippen molar-refractivity contribution in [3.05, 3.63) is 59.7 Å². The zero-order valence-corrected chi connectivity index (χ0v) is 14.8. The van der Waals surface area contributed by atoms with Crippen molar-refractivity contribution in [1.82, 2.24) is 0 Å². The van der Waals surface area contributed by atoms with E-state index < -0.39 is 8.07 Å².